The Labute approximate surface area is 86.8 Å². The highest BCUT2D eigenvalue weighted by Gasteiger charge is 2.17. The first kappa shape index (κ1) is 9.36. The Morgan fingerprint density at radius 3 is 2.93 bits per heavy atom. The molecule has 0 aliphatic carbocycles. The van der Waals surface area contributed by atoms with Crippen LogP contribution in [0, 0.1) is 0 Å². The van der Waals surface area contributed by atoms with Crippen molar-refractivity contribution in [1.29, 1.82) is 0 Å². The SMILES string of the molecule is CNC(c1ccsn1)c1nccn1C. The highest BCUT2D eigenvalue weighted by Crippen LogP contribution is 2.18. The first-order valence-corrected chi connectivity index (χ1v) is 5.21. The van der Waals surface area contributed by atoms with Crippen molar-refractivity contribution < 1.29 is 0 Å². The van der Waals surface area contributed by atoms with Crippen LogP contribution >= 0.6 is 11.5 Å². The number of aromatic nitrogens is 3. The molecule has 0 aromatic carbocycles. The van der Waals surface area contributed by atoms with Crippen LogP contribution in [0.15, 0.2) is 23.8 Å². The lowest BCUT2D eigenvalue weighted by molar-refractivity contribution is 0.608. The van der Waals surface area contributed by atoms with Gasteiger partial charge in [0.15, 0.2) is 0 Å². The molecule has 0 saturated heterocycles. The Kier molecular flexibility index (Phi) is 2.60. The molecule has 0 amide bonds. The molecule has 2 aromatic rings. The van der Waals surface area contributed by atoms with E-state index in [-0.39, 0.29) is 6.04 Å². The zero-order valence-electron chi connectivity index (χ0n) is 8.14. The molecule has 0 aliphatic rings. The van der Waals surface area contributed by atoms with Crippen molar-refractivity contribution in [3.05, 3.63) is 35.4 Å². The summed E-state index contributed by atoms with van der Waals surface area (Å²) >= 11 is 1.46. The van der Waals surface area contributed by atoms with Gasteiger partial charge in [0, 0.05) is 24.8 Å². The van der Waals surface area contributed by atoms with Crippen molar-refractivity contribution in [3.8, 4) is 0 Å². The van der Waals surface area contributed by atoms with E-state index >= 15 is 0 Å². The third kappa shape index (κ3) is 1.56. The highest BCUT2D eigenvalue weighted by atomic mass is 32.1. The number of nitrogens with one attached hydrogen (secondary N) is 1. The minimum absolute atomic E-state index is 0.0845. The molecule has 0 aliphatic heterocycles. The molecule has 1 unspecified atom stereocenters. The molecule has 4 nitrogen and oxygen atoms in total. The number of hydrogen-bond donors (Lipinski definition) is 1. The predicted octanol–water partition coefficient (Wildman–Crippen LogP) is 1.19. The van der Waals surface area contributed by atoms with Crippen molar-refractivity contribution in [2.24, 2.45) is 7.05 Å². The van der Waals surface area contributed by atoms with Gasteiger partial charge >= 0.3 is 0 Å². The van der Waals surface area contributed by atoms with Crippen molar-refractivity contribution in [1.82, 2.24) is 19.2 Å². The van der Waals surface area contributed by atoms with Crippen molar-refractivity contribution in [2.75, 3.05) is 7.05 Å². The van der Waals surface area contributed by atoms with Gasteiger partial charge in [-0.15, -0.1) is 0 Å². The quantitative estimate of drug-likeness (QED) is 0.823. The van der Waals surface area contributed by atoms with Crippen LogP contribution in [-0.4, -0.2) is 21.0 Å². The third-order valence-electron chi connectivity index (χ3n) is 2.16. The van der Waals surface area contributed by atoms with Gasteiger partial charge in [0.1, 0.15) is 11.9 Å². The second-order valence-electron chi connectivity index (χ2n) is 3.04. The molecule has 1 N–H and O–H groups in total. The largest absolute Gasteiger partial charge is 0.336 e. The van der Waals surface area contributed by atoms with Crippen molar-refractivity contribution in [2.45, 2.75) is 6.04 Å². The van der Waals surface area contributed by atoms with Crippen molar-refractivity contribution >= 4 is 11.5 Å². The Morgan fingerprint density at radius 2 is 2.43 bits per heavy atom. The van der Waals surface area contributed by atoms with Crippen molar-refractivity contribution in [3.63, 3.8) is 0 Å². The van der Waals surface area contributed by atoms with E-state index in [1.807, 2.05) is 36.3 Å². The Balaban J connectivity index is 2.36. The number of hydrogen-bond acceptors (Lipinski definition) is 4. The molecule has 0 bridgehead atoms. The molecule has 0 fully saturated rings. The summed E-state index contributed by atoms with van der Waals surface area (Å²) < 4.78 is 6.31. The molecule has 2 aromatic heterocycles. The van der Waals surface area contributed by atoms with Crippen LogP contribution in [0.2, 0.25) is 0 Å². The lowest BCUT2D eigenvalue weighted by Crippen LogP contribution is -2.21. The summed E-state index contributed by atoms with van der Waals surface area (Å²) in [5.41, 5.74) is 1.02. The van der Waals surface area contributed by atoms with E-state index in [0.717, 1.165) is 11.5 Å². The predicted molar refractivity (Wildman–Crippen MR) is 56.2 cm³/mol. The maximum Gasteiger partial charge on any atom is 0.131 e. The lowest BCUT2D eigenvalue weighted by atomic mass is 10.2. The fraction of sp³-hybridized carbons (Fsp3) is 0.333. The van der Waals surface area contributed by atoms with E-state index in [1.165, 1.54) is 11.5 Å². The van der Waals surface area contributed by atoms with Crippen LogP contribution in [0.4, 0.5) is 0 Å². The lowest BCUT2D eigenvalue weighted by Gasteiger charge is -2.13. The summed E-state index contributed by atoms with van der Waals surface area (Å²) in [6.45, 7) is 0. The van der Waals surface area contributed by atoms with Gasteiger partial charge in [-0.3, -0.25) is 0 Å². The highest BCUT2D eigenvalue weighted by molar-refractivity contribution is 7.03. The normalized spacial score (nSPS) is 13.0. The minimum atomic E-state index is 0.0845. The summed E-state index contributed by atoms with van der Waals surface area (Å²) in [5, 5.41) is 5.18. The van der Waals surface area contributed by atoms with Crippen LogP contribution in [0.3, 0.4) is 0 Å². The van der Waals surface area contributed by atoms with Crippen LogP contribution in [0.25, 0.3) is 0 Å². The van der Waals surface area contributed by atoms with Gasteiger partial charge in [0.05, 0.1) is 5.69 Å². The number of imidazole rings is 1. The molecule has 2 heterocycles. The van der Waals surface area contributed by atoms with E-state index in [4.69, 9.17) is 0 Å². The zero-order chi connectivity index (χ0) is 9.97. The van der Waals surface area contributed by atoms with E-state index in [9.17, 15) is 0 Å². The molecule has 2 rings (SSSR count). The van der Waals surface area contributed by atoms with Gasteiger partial charge in [-0.2, -0.15) is 4.37 Å². The molecule has 0 saturated carbocycles. The topological polar surface area (TPSA) is 42.7 Å². The Morgan fingerprint density at radius 1 is 1.57 bits per heavy atom. The fourth-order valence-corrected chi connectivity index (χ4v) is 1.98. The van der Waals surface area contributed by atoms with Gasteiger partial charge < -0.3 is 9.88 Å². The van der Waals surface area contributed by atoms with E-state index in [0.29, 0.717) is 0 Å². The number of rotatable bonds is 3. The van der Waals surface area contributed by atoms with Crippen LogP contribution in [-0.2, 0) is 7.05 Å². The second-order valence-corrected chi connectivity index (χ2v) is 3.71. The van der Waals surface area contributed by atoms with Gasteiger partial charge in [-0.05, 0) is 24.6 Å². The zero-order valence-corrected chi connectivity index (χ0v) is 8.95. The monoisotopic (exact) mass is 208 g/mol. The molecule has 0 spiro atoms. The van der Waals surface area contributed by atoms with Gasteiger partial charge in [0.2, 0.25) is 0 Å². The molecular formula is C9H12N4S. The summed E-state index contributed by atoms with van der Waals surface area (Å²) in [5.74, 6) is 0.985. The number of aryl methyl sites for hydroxylation is 1. The Hall–Kier alpha value is -1.20. The Bertz CT molecular complexity index is 393. The van der Waals surface area contributed by atoms with Crippen LogP contribution in [0.1, 0.15) is 17.6 Å². The average molecular weight is 208 g/mol. The fourth-order valence-electron chi connectivity index (χ4n) is 1.44. The molecule has 1 atom stereocenters. The summed E-state index contributed by atoms with van der Waals surface area (Å²) in [6.07, 6.45) is 3.73. The third-order valence-corrected chi connectivity index (χ3v) is 2.73. The standard InChI is InChI=1S/C9H12N4S/c1-10-8(7-3-6-14-12-7)9-11-4-5-13(9)2/h3-6,8,10H,1-2H3. The van der Waals surface area contributed by atoms with Gasteiger partial charge in [0.25, 0.3) is 0 Å². The van der Waals surface area contributed by atoms with E-state index < -0.39 is 0 Å². The first-order chi connectivity index (χ1) is 6.83. The van der Waals surface area contributed by atoms with Gasteiger partial charge in [-0.25, -0.2) is 4.98 Å². The summed E-state index contributed by atoms with van der Waals surface area (Å²) in [4.78, 5) is 4.31. The minimum Gasteiger partial charge on any atom is -0.336 e. The van der Waals surface area contributed by atoms with Crippen LogP contribution < -0.4 is 5.32 Å². The van der Waals surface area contributed by atoms with E-state index in [1.54, 1.807) is 6.20 Å². The molecule has 0 radical (unpaired) electrons. The maximum atomic E-state index is 4.31. The smallest absolute Gasteiger partial charge is 0.131 e. The molecule has 14 heavy (non-hydrogen) atoms. The average Bonchev–Trinajstić information content (AvgIpc) is 2.80. The molecule has 5 heteroatoms. The summed E-state index contributed by atoms with van der Waals surface area (Å²) in [6, 6.07) is 2.10. The van der Waals surface area contributed by atoms with Crippen LogP contribution in [0.5, 0.6) is 0 Å². The molecule has 74 valence electrons. The second kappa shape index (κ2) is 3.89. The maximum absolute atomic E-state index is 4.31. The number of nitrogens with zero attached hydrogens (tertiary/aromatic N) is 3. The van der Waals surface area contributed by atoms with Gasteiger partial charge in [-0.1, -0.05) is 0 Å². The van der Waals surface area contributed by atoms with E-state index in [2.05, 4.69) is 14.7 Å². The summed E-state index contributed by atoms with van der Waals surface area (Å²) in [7, 11) is 3.90. The first-order valence-electron chi connectivity index (χ1n) is 4.37. The molecular weight excluding hydrogens is 196 g/mol.